The minimum Gasteiger partial charge on any atom is -0.454 e. The summed E-state index contributed by atoms with van der Waals surface area (Å²) < 4.78 is 6.49. The standard InChI is InChI=1S/C13H11BrClNO2/c1-8(17)12-4-3-10(7-16-12)18-13-5-2-9(14)6-11(13)15/h2-8,17H,1H3/t8-/m1/s1. The van der Waals surface area contributed by atoms with Gasteiger partial charge in [0.15, 0.2) is 0 Å². The van der Waals surface area contributed by atoms with E-state index in [1.165, 1.54) is 0 Å². The first-order valence-corrected chi connectivity index (χ1v) is 6.50. The Kier molecular flexibility index (Phi) is 4.22. The molecule has 1 aromatic carbocycles. The maximum absolute atomic E-state index is 9.35. The lowest BCUT2D eigenvalue weighted by molar-refractivity contribution is 0.194. The highest BCUT2D eigenvalue weighted by Gasteiger charge is 2.06. The number of ether oxygens (including phenoxy) is 1. The predicted octanol–water partition coefficient (Wildman–Crippen LogP) is 4.34. The zero-order chi connectivity index (χ0) is 13.1. The summed E-state index contributed by atoms with van der Waals surface area (Å²) in [7, 11) is 0. The molecule has 0 aliphatic rings. The molecule has 5 heteroatoms. The summed E-state index contributed by atoms with van der Waals surface area (Å²) in [5.74, 6) is 1.13. The minimum absolute atomic E-state index is 0.518. The first-order chi connectivity index (χ1) is 8.56. The molecule has 0 radical (unpaired) electrons. The van der Waals surface area contributed by atoms with Crippen LogP contribution in [0.5, 0.6) is 11.5 Å². The molecule has 18 heavy (non-hydrogen) atoms. The van der Waals surface area contributed by atoms with Crippen LogP contribution in [0, 0.1) is 0 Å². The average Bonchev–Trinajstić information content (AvgIpc) is 2.33. The monoisotopic (exact) mass is 327 g/mol. The Labute approximate surface area is 119 Å². The summed E-state index contributed by atoms with van der Waals surface area (Å²) >= 11 is 9.37. The summed E-state index contributed by atoms with van der Waals surface area (Å²) in [5, 5.41) is 9.87. The Morgan fingerprint density at radius 1 is 1.33 bits per heavy atom. The van der Waals surface area contributed by atoms with Gasteiger partial charge in [-0.1, -0.05) is 27.5 Å². The van der Waals surface area contributed by atoms with Gasteiger partial charge < -0.3 is 9.84 Å². The van der Waals surface area contributed by atoms with Crippen LogP contribution >= 0.6 is 27.5 Å². The number of halogens is 2. The summed E-state index contributed by atoms with van der Waals surface area (Å²) in [6.45, 7) is 1.66. The van der Waals surface area contributed by atoms with Crippen molar-refractivity contribution in [3.8, 4) is 11.5 Å². The van der Waals surface area contributed by atoms with Crippen LogP contribution in [0.1, 0.15) is 18.7 Å². The normalized spacial score (nSPS) is 12.2. The minimum atomic E-state index is -0.588. The van der Waals surface area contributed by atoms with Crippen LogP contribution in [0.15, 0.2) is 41.0 Å². The predicted molar refractivity (Wildman–Crippen MR) is 74.1 cm³/mol. The van der Waals surface area contributed by atoms with Crippen molar-refractivity contribution >= 4 is 27.5 Å². The summed E-state index contributed by atoms with van der Waals surface area (Å²) in [5.41, 5.74) is 0.601. The molecule has 0 saturated carbocycles. The molecular weight excluding hydrogens is 318 g/mol. The van der Waals surface area contributed by atoms with E-state index < -0.39 is 6.10 Å². The Bertz CT molecular complexity index is 543. The lowest BCUT2D eigenvalue weighted by atomic mass is 10.2. The topological polar surface area (TPSA) is 42.4 Å². The third-order valence-electron chi connectivity index (χ3n) is 2.31. The van der Waals surface area contributed by atoms with Crippen molar-refractivity contribution < 1.29 is 9.84 Å². The van der Waals surface area contributed by atoms with Gasteiger partial charge in [-0.15, -0.1) is 0 Å². The molecule has 94 valence electrons. The second-order valence-electron chi connectivity index (χ2n) is 3.77. The molecule has 0 saturated heterocycles. The SMILES string of the molecule is C[C@@H](O)c1ccc(Oc2ccc(Br)cc2Cl)cn1. The van der Waals surface area contributed by atoms with Gasteiger partial charge in [0, 0.05) is 4.47 Å². The maximum atomic E-state index is 9.35. The molecule has 1 N–H and O–H groups in total. The van der Waals surface area contributed by atoms with Gasteiger partial charge in [-0.3, -0.25) is 4.98 Å². The zero-order valence-electron chi connectivity index (χ0n) is 9.60. The quantitative estimate of drug-likeness (QED) is 0.911. The van der Waals surface area contributed by atoms with Crippen LogP contribution in [0.4, 0.5) is 0 Å². The zero-order valence-corrected chi connectivity index (χ0v) is 11.9. The number of aliphatic hydroxyl groups excluding tert-OH is 1. The molecule has 1 aromatic heterocycles. The third-order valence-corrected chi connectivity index (χ3v) is 3.10. The van der Waals surface area contributed by atoms with Crippen LogP contribution in [0.2, 0.25) is 5.02 Å². The van der Waals surface area contributed by atoms with Crippen LogP contribution in [-0.2, 0) is 0 Å². The molecular formula is C13H11BrClNO2. The largest absolute Gasteiger partial charge is 0.454 e. The molecule has 0 unspecified atom stereocenters. The number of benzene rings is 1. The van der Waals surface area contributed by atoms with E-state index in [0.29, 0.717) is 22.2 Å². The first kappa shape index (κ1) is 13.3. The van der Waals surface area contributed by atoms with Gasteiger partial charge >= 0.3 is 0 Å². The fourth-order valence-corrected chi connectivity index (χ4v) is 2.10. The maximum Gasteiger partial charge on any atom is 0.146 e. The summed E-state index contributed by atoms with van der Waals surface area (Å²) in [6, 6.07) is 8.84. The van der Waals surface area contributed by atoms with Crippen molar-refractivity contribution in [2.75, 3.05) is 0 Å². The summed E-state index contributed by atoms with van der Waals surface area (Å²) in [6.07, 6.45) is 0.968. The third kappa shape index (κ3) is 3.22. The molecule has 0 aliphatic carbocycles. The van der Waals surface area contributed by atoms with Crippen molar-refractivity contribution in [1.29, 1.82) is 0 Å². The number of aliphatic hydroxyl groups is 1. The fourth-order valence-electron chi connectivity index (χ4n) is 1.38. The second-order valence-corrected chi connectivity index (χ2v) is 5.09. The van der Waals surface area contributed by atoms with Gasteiger partial charge in [0.25, 0.3) is 0 Å². The molecule has 1 atom stereocenters. The van der Waals surface area contributed by atoms with Gasteiger partial charge in [0.1, 0.15) is 11.5 Å². The molecule has 0 aliphatic heterocycles. The Morgan fingerprint density at radius 3 is 2.67 bits per heavy atom. The number of aromatic nitrogens is 1. The summed E-state index contributed by atoms with van der Waals surface area (Å²) in [4.78, 5) is 4.09. The first-order valence-electron chi connectivity index (χ1n) is 5.33. The Balaban J connectivity index is 2.18. The number of hydrogen-bond donors (Lipinski definition) is 1. The van der Waals surface area contributed by atoms with E-state index in [2.05, 4.69) is 20.9 Å². The second kappa shape index (κ2) is 5.69. The molecule has 2 rings (SSSR count). The fraction of sp³-hybridized carbons (Fsp3) is 0.154. The van der Waals surface area contributed by atoms with Crippen molar-refractivity contribution in [3.05, 3.63) is 51.7 Å². The average molecular weight is 329 g/mol. The van der Waals surface area contributed by atoms with E-state index in [4.69, 9.17) is 16.3 Å². The van der Waals surface area contributed by atoms with Gasteiger partial charge in [-0.2, -0.15) is 0 Å². The molecule has 0 fully saturated rings. The highest BCUT2D eigenvalue weighted by atomic mass is 79.9. The lowest BCUT2D eigenvalue weighted by Crippen LogP contribution is -1.95. The lowest BCUT2D eigenvalue weighted by Gasteiger charge is -2.09. The molecule has 2 aromatic rings. The number of hydrogen-bond acceptors (Lipinski definition) is 3. The van der Waals surface area contributed by atoms with Crippen molar-refractivity contribution in [2.45, 2.75) is 13.0 Å². The van der Waals surface area contributed by atoms with Crippen LogP contribution in [-0.4, -0.2) is 10.1 Å². The van der Waals surface area contributed by atoms with Crippen molar-refractivity contribution in [3.63, 3.8) is 0 Å². The molecule has 1 heterocycles. The van der Waals surface area contributed by atoms with Crippen LogP contribution in [0.3, 0.4) is 0 Å². The highest BCUT2D eigenvalue weighted by Crippen LogP contribution is 2.31. The Hall–Kier alpha value is -1.10. The molecule has 3 nitrogen and oxygen atoms in total. The van der Waals surface area contributed by atoms with Crippen LogP contribution in [0.25, 0.3) is 0 Å². The smallest absolute Gasteiger partial charge is 0.146 e. The molecule has 0 amide bonds. The van der Waals surface area contributed by atoms with Gasteiger partial charge in [0.2, 0.25) is 0 Å². The van der Waals surface area contributed by atoms with Crippen molar-refractivity contribution in [2.24, 2.45) is 0 Å². The van der Waals surface area contributed by atoms with Crippen molar-refractivity contribution in [1.82, 2.24) is 4.98 Å². The van der Waals surface area contributed by atoms with E-state index in [1.807, 2.05) is 6.07 Å². The number of nitrogens with zero attached hydrogens (tertiary/aromatic N) is 1. The van der Waals surface area contributed by atoms with E-state index in [-0.39, 0.29) is 0 Å². The van der Waals surface area contributed by atoms with E-state index in [0.717, 1.165) is 4.47 Å². The van der Waals surface area contributed by atoms with E-state index >= 15 is 0 Å². The van der Waals surface area contributed by atoms with Gasteiger partial charge in [-0.05, 0) is 37.3 Å². The number of rotatable bonds is 3. The Morgan fingerprint density at radius 2 is 2.11 bits per heavy atom. The van der Waals surface area contributed by atoms with Gasteiger partial charge in [0.05, 0.1) is 23.0 Å². The van der Waals surface area contributed by atoms with Gasteiger partial charge in [-0.25, -0.2) is 0 Å². The molecule has 0 bridgehead atoms. The van der Waals surface area contributed by atoms with Crippen LogP contribution < -0.4 is 4.74 Å². The van der Waals surface area contributed by atoms with E-state index in [9.17, 15) is 5.11 Å². The number of pyridine rings is 1. The highest BCUT2D eigenvalue weighted by molar-refractivity contribution is 9.10. The van der Waals surface area contributed by atoms with E-state index in [1.54, 1.807) is 37.4 Å². The molecule has 0 spiro atoms.